The third kappa shape index (κ3) is 4.05. The minimum atomic E-state index is -0.335. The Morgan fingerprint density at radius 3 is 2.55 bits per heavy atom. The minimum Gasteiger partial charge on any atom is -0.355 e. The summed E-state index contributed by atoms with van der Waals surface area (Å²) in [6, 6.07) is 9.95. The van der Waals surface area contributed by atoms with Gasteiger partial charge < -0.3 is 16.0 Å². The largest absolute Gasteiger partial charge is 0.355 e. The molecule has 0 fully saturated rings. The number of carbonyl (C=O) groups is 2. The van der Waals surface area contributed by atoms with E-state index in [4.69, 9.17) is 0 Å². The molecule has 0 aliphatic heterocycles. The maximum Gasteiger partial charge on any atom is 0.319 e. The fourth-order valence-electron chi connectivity index (χ4n) is 1.98. The molecule has 0 aliphatic rings. The Kier molecular flexibility index (Phi) is 5.08. The molecule has 6 nitrogen and oxygen atoms in total. The molecule has 1 aromatic carbocycles. The highest BCUT2D eigenvalue weighted by molar-refractivity contribution is 5.96. The predicted octanol–water partition coefficient (Wildman–Crippen LogP) is 2.32. The zero-order valence-corrected chi connectivity index (χ0v) is 12.5. The number of pyridine rings is 1. The number of urea groups is 1. The van der Waals surface area contributed by atoms with Gasteiger partial charge in [0.2, 0.25) is 0 Å². The molecule has 0 spiro atoms. The van der Waals surface area contributed by atoms with E-state index in [1.165, 1.54) is 0 Å². The molecule has 1 heterocycles. The Labute approximate surface area is 129 Å². The van der Waals surface area contributed by atoms with Gasteiger partial charge in [-0.1, -0.05) is 6.07 Å². The number of aromatic nitrogens is 1. The van der Waals surface area contributed by atoms with Crippen LogP contribution in [0.25, 0.3) is 0 Å². The number of hydrogen-bond acceptors (Lipinski definition) is 3. The predicted molar refractivity (Wildman–Crippen MR) is 84.6 cm³/mol. The van der Waals surface area contributed by atoms with Crippen LogP contribution in [0.3, 0.4) is 0 Å². The van der Waals surface area contributed by atoms with Gasteiger partial charge in [0, 0.05) is 30.7 Å². The third-order valence-electron chi connectivity index (χ3n) is 3.16. The quantitative estimate of drug-likeness (QED) is 0.810. The van der Waals surface area contributed by atoms with Crippen molar-refractivity contribution in [1.29, 1.82) is 0 Å². The van der Waals surface area contributed by atoms with Crippen molar-refractivity contribution in [3.8, 4) is 0 Å². The fourth-order valence-corrected chi connectivity index (χ4v) is 1.98. The van der Waals surface area contributed by atoms with Crippen molar-refractivity contribution in [2.45, 2.75) is 13.0 Å². The van der Waals surface area contributed by atoms with Gasteiger partial charge in [-0.25, -0.2) is 4.79 Å². The summed E-state index contributed by atoms with van der Waals surface area (Å²) >= 11 is 0. The van der Waals surface area contributed by atoms with Crippen molar-refractivity contribution in [2.75, 3.05) is 12.4 Å². The molecule has 22 heavy (non-hydrogen) atoms. The summed E-state index contributed by atoms with van der Waals surface area (Å²) in [5.74, 6) is -0.200. The summed E-state index contributed by atoms with van der Waals surface area (Å²) < 4.78 is 0. The summed E-state index contributed by atoms with van der Waals surface area (Å²) in [6.07, 6.45) is 3.36. The Hall–Kier alpha value is -2.89. The summed E-state index contributed by atoms with van der Waals surface area (Å²) in [5.41, 5.74) is 2.01. The van der Waals surface area contributed by atoms with Crippen molar-refractivity contribution >= 4 is 17.6 Å². The van der Waals surface area contributed by atoms with Gasteiger partial charge in [0.1, 0.15) is 0 Å². The van der Waals surface area contributed by atoms with Crippen molar-refractivity contribution < 1.29 is 9.59 Å². The van der Waals surface area contributed by atoms with Crippen LogP contribution < -0.4 is 16.0 Å². The first kappa shape index (κ1) is 15.5. The van der Waals surface area contributed by atoms with Gasteiger partial charge in [-0.2, -0.15) is 0 Å². The number of benzene rings is 1. The first-order valence-corrected chi connectivity index (χ1v) is 6.89. The second-order valence-electron chi connectivity index (χ2n) is 4.76. The van der Waals surface area contributed by atoms with Gasteiger partial charge in [0.05, 0.1) is 6.04 Å². The smallest absolute Gasteiger partial charge is 0.319 e. The van der Waals surface area contributed by atoms with Gasteiger partial charge in [0.25, 0.3) is 5.91 Å². The van der Waals surface area contributed by atoms with Crippen LogP contribution in [0.4, 0.5) is 10.5 Å². The lowest BCUT2D eigenvalue weighted by atomic mass is 10.1. The highest BCUT2D eigenvalue weighted by Gasteiger charge is 2.10. The van der Waals surface area contributed by atoms with Crippen molar-refractivity contribution in [1.82, 2.24) is 15.6 Å². The normalized spacial score (nSPS) is 11.4. The molecule has 0 aliphatic carbocycles. The maximum absolute atomic E-state index is 12.0. The van der Waals surface area contributed by atoms with E-state index in [0.717, 1.165) is 5.56 Å². The Morgan fingerprint density at radius 2 is 1.86 bits per heavy atom. The van der Waals surface area contributed by atoms with Crippen molar-refractivity contribution in [2.24, 2.45) is 0 Å². The molecule has 3 N–H and O–H groups in total. The van der Waals surface area contributed by atoms with Crippen LogP contribution in [-0.2, 0) is 0 Å². The lowest BCUT2D eigenvalue weighted by Crippen LogP contribution is -2.31. The monoisotopic (exact) mass is 298 g/mol. The molecule has 3 amide bonds. The summed E-state index contributed by atoms with van der Waals surface area (Å²) in [5, 5.41) is 8.09. The fraction of sp³-hybridized carbons (Fsp3) is 0.188. The number of rotatable bonds is 4. The molecule has 1 unspecified atom stereocenters. The number of amides is 3. The highest BCUT2D eigenvalue weighted by atomic mass is 16.2. The van der Waals surface area contributed by atoms with E-state index in [1.54, 1.807) is 43.7 Å². The third-order valence-corrected chi connectivity index (χ3v) is 3.16. The number of carbonyl (C=O) groups excluding carboxylic acids is 2. The minimum absolute atomic E-state index is 0.148. The van der Waals surface area contributed by atoms with Crippen LogP contribution in [0.2, 0.25) is 0 Å². The number of nitrogens with zero attached hydrogens (tertiary/aromatic N) is 1. The lowest BCUT2D eigenvalue weighted by Gasteiger charge is -2.15. The summed E-state index contributed by atoms with van der Waals surface area (Å²) in [4.78, 5) is 27.5. The molecule has 0 radical (unpaired) electrons. The highest BCUT2D eigenvalue weighted by Crippen LogP contribution is 2.13. The molecule has 2 aromatic rings. The Balaban J connectivity index is 1.99. The van der Waals surface area contributed by atoms with Crippen molar-refractivity contribution in [3.63, 3.8) is 0 Å². The molecule has 2 rings (SSSR count). The van der Waals surface area contributed by atoms with E-state index in [0.29, 0.717) is 11.3 Å². The topological polar surface area (TPSA) is 83.1 Å². The van der Waals surface area contributed by atoms with E-state index >= 15 is 0 Å². The summed E-state index contributed by atoms with van der Waals surface area (Å²) in [7, 11) is 1.56. The molecule has 0 saturated heterocycles. The van der Waals surface area contributed by atoms with Crippen LogP contribution in [-0.4, -0.2) is 24.0 Å². The van der Waals surface area contributed by atoms with Gasteiger partial charge >= 0.3 is 6.03 Å². The molecule has 1 aromatic heterocycles. The summed E-state index contributed by atoms with van der Waals surface area (Å²) in [6.45, 7) is 1.88. The second-order valence-corrected chi connectivity index (χ2v) is 4.76. The molecular formula is C16H18N4O2. The van der Waals surface area contributed by atoms with Crippen LogP contribution in [0.1, 0.15) is 28.9 Å². The van der Waals surface area contributed by atoms with Gasteiger partial charge in [-0.3, -0.25) is 9.78 Å². The van der Waals surface area contributed by atoms with E-state index in [-0.39, 0.29) is 18.0 Å². The first-order valence-electron chi connectivity index (χ1n) is 6.89. The number of nitrogens with one attached hydrogen (secondary N) is 3. The molecule has 1 atom stereocenters. The zero-order chi connectivity index (χ0) is 15.9. The van der Waals surface area contributed by atoms with E-state index < -0.39 is 0 Å². The standard InChI is InChI=1S/C16H18N4O2/c1-11(12-6-8-18-9-7-12)19-16(22)20-14-5-3-4-13(10-14)15(21)17-2/h3-11H,1-2H3,(H,17,21)(H2,19,20,22). The van der Waals surface area contributed by atoms with Crippen molar-refractivity contribution in [3.05, 3.63) is 59.9 Å². The second kappa shape index (κ2) is 7.21. The van der Waals surface area contributed by atoms with Crippen LogP contribution in [0, 0.1) is 0 Å². The van der Waals surface area contributed by atoms with Crippen LogP contribution >= 0.6 is 0 Å². The number of hydrogen-bond donors (Lipinski definition) is 3. The lowest BCUT2D eigenvalue weighted by molar-refractivity contribution is 0.0963. The number of anilines is 1. The van der Waals surface area contributed by atoms with Gasteiger partial charge in [-0.15, -0.1) is 0 Å². The van der Waals surface area contributed by atoms with Crippen LogP contribution in [0.5, 0.6) is 0 Å². The van der Waals surface area contributed by atoms with Gasteiger partial charge in [-0.05, 0) is 42.8 Å². The molecule has 0 saturated carbocycles. The van der Waals surface area contributed by atoms with Crippen LogP contribution in [0.15, 0.2) is 48.8 Å². The zero-order valence-electron chi connectivity index (χ0n) is 12.5. The average molecular weight is 298 g/mol. The van der Waals surface area contributed by atoms with E-state index in [2.05, 4.69) is 20.9 Å². The van der Waals surface area contributed by atoms with Gasteiger partial charge in [0.15, 0.2) is 0 Å². The Morgan fingerprint density at radius 1 is 1.14 bits per heavy atom. The molecule has 0 bridgehead atoms. The SMILES string of the molecule is CNC(=O)c1cccc(NC(=O)NC(C)c2ccncc2)c1. The Bertz CT molecular complexity index is 658. The molecular weight excluding hydrogens is 280 g/mol. The molecule has 114 valence electrons. The maximum atomic E-state index is 12.0. The molecule has 6 heteroatoms. The van der Waals surface area contributed by atoms with E-state index in [1.807, 2.05) is 19.1 Å². The first-order chi connectivity index (χ1) is 10.6. The van der Waals surface area contributed by atoms with E-state index in [9.17, 15) is 9.59 Å². The average Bonchev–Trinajstić information content (AvgIpc) is 2.55.